The van der Waals surface area contributed by atoms with Crippen molar-refractivity contribution >= 4 is 11.6 Å². The van der Waals surface area contributed by atoms with Gasteiger partial charge in [0.2, 0.25) is 5.91 Å². The monoisotopic (exact) mass is 364 g/mol. The predicted octanol–water partition coefficient (Wildman–Crippen LogP) is 3.56. The standard InChI is InChI=1S/C23H28N2O2/c1-24-16-20(26)21(17-10-4-2-5-11-17)25-19-13-7-6-12-18(19)23(22(25)27)14-8-3-9-15-23/h2,4-7,10-13,20-21,24,26H,3,8-9,14-16H2,1H3/t20-,21+/m1/s1. The van der Waals surface area contributed by atoms with E-state index in [1.165, 1.54) is 6.42 Å². The molecule has 4 nitrogen and oxygen atoms in total. The predicted molar refractivity (Wildman–Crippen MR) is 108 cm³/mol. The first-order valence-corrected chi connectivity index (χ1v) is 10.00. The number of benzene rings is 2. The Hall–Kier alpha value is -2.17. The molecule has 1 aliphatic carbocycles. The van der Waals surface area contributed by atoms with Crippen LogP contribution in [0, 0.1) is 0 Å². The van der Waals surface area contributed by atoms with Crippen LogP contribution in [0.15, 0.2) is 54.6 Å². The summed E-state index contributed by atoms with van der Waals surface area (Å²) >= 11 is 0. The lowest BCUT2D eigenvalue weighted by Gasteiger charge is -2.36. The van der Waals surface area contributed by atoms with E-state index in [2.05, 4.69) is 11.4 Å². The van der Waals surface area contributed by atoms with Crippen molar-refractivity contribution < 1.29 is 9.90 Å². The number of hydrogen-bond acceptors (Lipinski definition) is 3. The van der Waals surface area contributed by atoms with Gasteiger partial charge in [-0.25, -0.2) is 0 Å². The third-order valence-corrected chi connectivity index (χ3v) is 6.21. The number of rotatable bonds is 5. The van der Waals surface area contributed by atoms with E-state index in [1.807, 2.05) is 60.5 Å². The fourth-order valence-corrected chi connectivity index (χ4v) is 4.97. The summed E-state index contributed by atoms with van der Waals surface area (Å²) in [5.41, 5.74) is 2.67. The van der Waals surface area contributed by atoms with Gasteiger partial charge in [0.1, 0.15) is 0 Å². The van der Waals surface area contributed by atoms with Gasteiger partial charge in [0.05, 0.1) is 17.6 Å². The molecule has 2 aliphatic rings. The molecule has 2 aromatic carbocycles. The number of likely N-dealkylation sites (N-methyl/N-ethyl adjacent to an activating group) is 1. The third kappa shape index (κ3) is 2.97. The maximum absolute atomic E-state index is 13.9. The molecular formula is C23H28N2O2. The molecule has 1 fully saturated rings. The van der Waals surface area contributed by atoms with Crippen LogP contribution in [0.25, 0.3) is 0 Å². The lowest BCUT2D eigenvalue weighted by Crippen LogP contribution is -2.47. The summed E-state index contributed by atoms with van der Waals surface area (Å²) in [5.74, 6) is 0.160. The molecule has 0 aromatic heterocycles. The molecular weight excluding hydrogens is 336 g/mol. The van der Waals surface area contributed by atoms with Gasteiger partial charge in [0.25, 0.3) is 0 Å². The average molecular weight is 364 g/mol. The van der Waals surface area contributed by atoms with Crippen molar-refractivity contribution in [3.05, 3.63) is 65.7 Å². The molecule has 142 valence electrons. The van der Waals surface area contributed by atoms with Crippen LogP contribution in [0.3, 0.4) is 0 Å². The number of para-hydroxylation sites is 1. The summed E-state index contributed by atoms with van der Waals surface area (Å²) in [5, 5.41) is 14.1. The second-order valence-corrected chi connectivity index (χ2v) is 7.82. The van der Waals surface area contributed by atoms with E-state index in [9.17, 15) is 9.90 Å². The third-order valence-electron chi connectivity index (χ3n) is 6.21. The highest BCUT2D eigenvalue weighted by Gasteiger charge is 2.53. The normalized spacial score (nSPS) is 20.5. The van der Waals surface area contributed by atoms with Crippen LogP contribution in [-0.4, -0.2) is 30.7 Å². The average Bonchev–Trinajstić information content (AvgIpc) is 2.93. The summed E-state index contributed by atoms with van der Waals surface area (Å²) in [6.07, 6.45) is 4.49. The minimum absolute atomic E-state index is 0.160. The summed E-state index contributed by atoms with van der Waals surface area (Å²) < 4.78 is 0. The van der Waals surface area contributed by atoms with Crippen LogP contribution in [0.2, 0.25) is 0 Å². The van der Waals surface area contributed by atoms with E-state index in [0.717, 1.165) is 42.5 Å². The Labute approximate surface area is 161 Å². The number of aliphatic hydroxyl groups is 1. The van der Waals surface area contributed by atoms with Gasteiger partial charge in [-0.05, 0) is 37.1 Å². The number of aliphatic hydroxyl groups excluding tert-OH is 1. The zero-order valence-corrected chi connectivity index (χ0v) is 15.9. The van der Waals surface area contributed by atoms with Crippen molar-refractivity contribution in [2.24, 2.45) is 0 Å². The van der Waals surface area contributed by atoms with Crippen molar-refractivity contribution in [1.82, 2.24) is 5.32 Å². The largest absolute Gasteiger partial charge is 0.389 e. The highest BCUT2D eigenvalue weighted by atomic mass is 16.3. The Morgan fingerprint density at radius 2 is 1.70 bits per heavy atom. The van der Waals surface area contributed by atoms with Gasteiger partial charge in [-0.15, -0.1) is 0 Å². The van der Waals surface area contributed by atoms with Gasteiger partial charge in [0, 0.05) is 12.2 Å². The van der Waals surface area contributed by atoms with Gasteiger partial charge in [0.15, 0.2) is 0 Å². The van der Waals surface area contributed by atoms with Gasteiger partial charge in [-0.2, -0.15) is 0 Å². The van der Waals surface area contributed by atoms with Crippen LogP contribution >= 0.6 is 0 Å². The molecule has 4 heteroatoms. The zero-order chi connectivity index (χ0) is 18.9. The number of nitrogens with zero attached hydrogens (tertiary/aromatic N) is 1. The smallest absolute Gasteiger partial charge is 0.238 e. The number of amides is 1. The SMILES string of the molecule is CNC[C@@H](O)[C@H](c1ccccc1)N1C(=O)C2(CCCCC2)c2ccccc21. The Balaban J connectivity index is 1.84. The van der Waals surface area contributed by atoms with Crippen LogP contribution < -0.4 is 10.2 Å². The van der Waals surface area contributed by atoms with Gasteiger partial charge >= 0.3 is 0 Å². The number of hydrogen-bond donors (Lipinski definition) is 2. The second-order valence-electron chi connectivity index (χ2n) is 7.82. The fraction of sp³-hybridized carbons (Fsp3) is 0.435. The fourth-order valence-electron chi connectivity index (χ4n) is 4.97. The van der Waals surface area contributed by atoms with E-state index in [0.29, 0.717) is 6.54 Å². The quantitative estimate of drug-likeness (QED) is 0.853. The molecule has 0 radical (unpaired) electrons. The lowest BCUT2D eigenvalue weighted by atomic mass is 9.70. The molecule has 2 N–H and O–H groups in total. The maximum Gasteiger partial charge on any atom is 0.238 e. The molecule has 27 heavy (non-hydrogen) atoms. The maximum atomic E-state index is 13.9. The Morgan fingerprint density at radius 1 is 1.04 bits per heavy atom. The lowest BCUT2D eigenvalue weighted by molar-refractivity contribution is -0.125. The number of fused-ring (bicyclic) bond motifs is 2. The molecule has 1 amide bonds. The molecule has 1 aliphatic heterocycles. The molecule has 0 bridgehead atoms. The van der Waals surface area contributed by atoms with Crippen molar-refractivity contribution in [3.8, 4) is 0 Å². The Kier molecular flexibility index (Phi) is 5.02. The molecule has 0 saturated heterocycles. The zero-order valence-electron chi connectivity index (χ0n) is 15.9. The molecule has 1 spiro atoms. The van der Waals surface area contributed by atoms with Crippen molar-refractivity contribution in [2.45, 2.75) is 49.7 Å². The molecule has 1 heterocycles. The topological polar surface area (TPSA) is 52.6 Å². The summed E-state index contributed by atoms with van der Waals surface area (Å²) in [6.45, 7) is 0.429. The van der Waals surface area contributed by atoms with E-state index in [-0.39, 0.29) is 5.91 Å². The number of nitrogens with one attached hydrogen (secondary N) is 1. The van der Waals surface area contributed by atoms with Crippen molar-refractivity contribution in [1.29, 1.82) is 0 Å². The minimum atomic E-state index is -0.687. The van der Waals surface area contributed by atoms with Crippen LogP contribution in [0.1, 0.15) is 49.3 Å². The minimum Gasteiger partial charge on any atom is -0.389 e. The first-order valence-electron chi connectivity index (χ1n) is 10.00. The molecule has 0 unspecified atom stereocenters. The van der Waals surface area contributed by atoms with Gasteiger partial charge in [-0.1, -0.05) is 67.8 Å². The van der Waals surface area contributed by atoms with E-state index < -0.39 is 17.6 Å². The van der Waals surface area contributed by atoms with E-state index >= 15 is 0 Å². The number of carbonyl (C=O) groups is 1. The molecule has 2 aromatic rings. The molecule has 1 saturated carbocycles. The second kappa shape index (κ2) is 7.45. The van der Waals surface area contributed by atoms with Crippen LogP contribution in [-0.2, 0) is 10.2 Å². The number of anilines is 1. The van der Waals surface area contributed by atoms with Crippen molar-refractivity contribution in [3.63, 3.8) is 0 Å². The highest BCUT2D eigenvalue weighted by molar-refractivity contribution is 6.08. The highest BCUT2D eigenvalue weighted by Crippen LogP contribution is 2.52. The van der Waals surface area contributed by atoms with E-state index in [1.54, 1.807) is 0 Å². The Bertz CT molecular complexity index is 799. The van der Waals surface area contributed by atoms with Crippen LogP contribution in [0.5, 0.6) is 0 Å². The first-order chi connectivity index (χ1) is 13.2. The van der Waals surface area contributed by atoms with Crippen LogP contribution in [0.4, 0.5) is 5.69 Å². The van der Waals surface area contributed by atoms with Crippen molar-refractivity contribution in [2.75, 3.05) is 18.5 Å². The van der Waals surface area contributed by atoms with Gasteiger partial charge < -0.3 is 15.3 Å². The van der Waals surface area contributed by atoms with Gasteiger partial charge in [-0.3, -0.25) is 4.79 Å². The first kappa shape index (κ1) is 18.2. The molecule has 4 rings (SSSR count). The summed E-state index contributed by atoms with van der Waals surface area (Å²) in [6, 6.07) is 17.7. The number of carbonyl (C=O) groups excluding carboxylic acids is 1. The summed E-state index contributed by atoms with van der Waals surface area (Å²) in [4.78, 5) is 15.7. The summed E-state index contributed by atoms with van der Waals surface area (Å²) in [7, 11) is 1.83. The Morgan fingerprint density at radius 3 is 2.41 bits per heavy atom. The van der Waals surface area contributed by atoms with E-state index in [4.69, 9.17) is 0 Å². The molecule has 2 atom stereocenters.